The Kier molecular flexibility index (Phi) is 17.6. The summed E-state index contributed by atoms with van der Waals surface area (Å²) in [6, 6.07) is 56.8. The molecule has 5 atom stereocenters. The van der Waals surface area contributed by atoms with Gasteiger partial charge < -0.3 is 42.8 Å². The van der Waals surface area contributed by atoms with E-state index in [1.54, 1.807) is 34.8 Å². The Morgan fingerprint density at radius 1 is 0.636 bits per heavy atom. The Bertz CT molecular complexity index is 3070. The Hall–Kier alpha value is -7.25. The van der Waals surface area contributed by atoms with Crippen molar-refractivity contribution in [3.63, 3.8) is 0 Å². The Morgan fingerprint density at radius 3 is 1.60 bits per heavy atom. The second kappa shape index (κ2) is 24.8. The molecule has 16 heteroatoms. The molecule has 398 valence electrons. The number of ether oxygens (including phenoxy) is 6. The highest BCUT2D eigenvalue weighted by molar-refractivity contribution is 7.44. The maximum absolute atomic E-state index is 9.66. The zero-order valence-corrected chi connectivity index (χ0v) is 45.6. The molecule has 6 aromatic carbocycles. The van der Waals surface area contributed by atoms with Crippen molar-refractivity contribution >= 4 is 25.5 Å². The van der Waals surface area contributed by atoms with Gasteiger partial charge in [0, 0.05) is 19.2 Å². The highest BCUT2D eigenvalue weighted by Gasteiger charge is 2.51. The van der Waals surface area contributed by atoms with Gasteiger partial charge in [0.1, 0.15) is 53.0 Å². The van der Waals surface area contributed by atoms with Crippen LogP contribution < -0.4 is 19.5 Å². The zero-order valence-electron chi connectivity index (χ0n) is 44.7. The zero-order chi connectivity index (χ0) is 53.9. The number of anilines is 1. The summed E-state index contributed by atoms with van der Waals surface area (Å²) in [6.07, 6.45) is 0.234. The van der Waals surface area contributed by atoms with E-state index in [2.05, 4.69) is 92.3 Å². The summed E-state index contributed by atoms with van der Waals surface area (Å²) in [5.41, 5.74) is 4.34. The summed E-state index contributed by atoms with van der Waals surface area (Å²) in [5, 5.41) is 13.6. The van der Waals surface area contributed by atoms with Crippen molar-refractivity contribution in [3.05, 3.63) is 210 Å². The van der Waals surface area contributed by atoms with Gasteiger partial charge in [-0.1, -0.05) is 127 Å². The molecule has 77 heavy (non-hydrogen) atoms. The normalized spacial score (nSPS) is 17.2. The number of fused-ring (bicyclic) bond motifs is 1. The second-order valence-electron chi connectivity index (χ2n) is 19.1. The van der Waals surface area contributed by atoms with Crippen molar-refractivity contribution in [2.24, 2.45) is 0 Å². The molecule has 1 saturated heterocycles. The lowest BCUT2D eigenvalue weighted by atomic mass is 9.77. The molecule has 15 nitrogen and oxygen atoms in total. The van der Waals surface area contributed by atoms with Crippen LogP contribution in [0.1, 0.15) is 73.7 Å². The van der Waals surface area contributed by atoms with Crippen LogP contribution >= 0.6 is 8.53 Å². The van der Waals surface area contributed by atoms with E-state index >= 15 is 0 Å². The number of methoxy groups -OCH3 is 4. The summed E-state index contributed by atoms with van der Waals surface area (Å²) in [4.78, 5) is 14.9. The van der Waals surface area contributed by atoms with Gasteiger partial charge in [-0.25, -0.2) is 19.6 Å². The molecule has 0 spiro atoms. The molecule has 0 amide bonds. The van der Waals surface area contributed by atoms with Crippen molar-refractivity contribution in [2.75, 3.05) is 47.0 Å². The summed E-state index contributed by atoms with van der Waals surface area (Å²) in [6.45, 7) is 8.60. The van der Waals surface area contributed by atoms with E-state index in [9.17, 15) is 5.26 Å². The minimum Gasteiger partial charge on any atom is -0.497 e. The van der Waals surface area contributed by atoms with E-state index in [0.717, 1.165) is 39.1 Å². The van der Waals surface area contributed by atoms with Crippen LogP contribution in [-0.4, -0.2) is 96.2 Å². The molecule has 1 N–H and O–H groups in total. The minimum absolute atomic E-state index is 0.00561. The van der Waals surface area contributed by atoms with Crippen molar-refractivity contribution < 1.29 is 37.5 Å². The molecule has 0 bridgehead atoms. The fraction of sp³-hybridized carbons (Fsp3) is 0.311. The lowest BCUT2D eigenvalue weighted by molar-refractivity contribution is -0.0938. The van der Waals surface area contributed by atoms with Gasteiger partial charge in [0.2, 0.25) is 0 Å². The van der Waals surface area contributed by atoms with Gasteiger partial charge in [0.25, 0.3) is 8.53 Å². The number of hydrogen-bond acceptors (Lipinski definition) is 14. The predicted octanol–water partition coefficient (Wildman–Crippen LogP) is 11.8. The Labute approximate surface area is 452 Å². The monoisotopic (exact) mass is 1060 g/mol. The SMILES string of the molecule is COc1ccc(C(Nc2ncnc3c2ncn3[C@@H]2O[C@H](COC(c3ccccc3)(c3ccc(OC)cc3)c3ccc(OC)cc3)[C@@H](OP(OCCC#N)N(C(C)C)C(C)C)[C@H]2OC)(c2ccccc2)c2ccccc2)cc1. The first-order valence-corrected chi connectivity index (χ1v) is 26.9. The highest BCUT2D eigenvalue weighted by Crippen LogP contribution is 2.52. The molecule has 0 saturated carbocycles. The summed E-state index contributed by atoms with van der Waals surface area (Å²) >= 11 is 0. The molecule has 1 fully saturated rings. The summed E-state index contributed by atoms with van der Waals surface area (Å²) in [5.74, 6) is 2.63. The van der Waals surface area contributed by atoms with E-state index in [-0.39, 0.29) is 31.7 Å². The molecule has 1 aliphatic rings. The van der Waals surface area contributed by atoms with Gasteiger partial charge in [-0.3, -0.25) is 4.57 Å². The largest absolute Gasteiger partial charge is 0.497 e. The van der Waals surface area contributed by atoms with Crippen LogP contribution in [0.3, 0.4) is 0 Å². The van der Waals surface area contributed by atoms with Gasteiger partial charge in [-0.05, 0) is 97.5 Å². The fourth-order valence-corrected chi connectivity index (χ4v) is 12.1. The maximum atomic E-state index is 9.66. The smallest absolute Gasteiger partial charge is 0.259 e. The standard InChI is InChI=1S/C61H66N7O8P/c1-42(2)68(43(3)4)77(74-38-18-37-62)76-55-53(39-73-61(47-23-16-11-17-24-47,48-27-33-51(70-6)34-28-48)49-29-35-52(71-7)36-30-49)75-59(56(55)72-8)67-41-65-54-57(63-40-64-58(54)67)66-60(44-19-12-9-13-20-44,45-21-14-10-15-22-45)46-25-31-50(69-5)32-26-46/h9-17,19-36,40-43,53,55-56,59H,18,38-39H2,1-8H3,(H,63,64,66)/t53-,55-,56-,59-,77?/m1/s1. The number of hydrogen-bond donors (Lipinski definition) is 1. The van der Waals surface area contributed by atoms with E-state index in [4.69, 9.17) is 52.4 Å². The number of imidazole rings is 1. The third-order valence-corrected chi connectivity index (χ3v) is 16.1. The minimum atomic E-state index is -1.80. The van der Waals surface area contributed by atoms with Crippen LogP contribution in [0.15, 0.2) is 176 Å². The van der Waals surface area contributed by atoms with Crippen LogP contribution in [0.25, 0.3) is 11.2 Å². The van der Waals surface area contributed by atoms with E-state index in [1.807, 2.05) is 120 Å². The predicted molar refractivity (Wildman–Crippen MR) is 298 cm³/mol. The molecule has 0 radical (unpaired) electrons. The first-order valence-electron chi connectivity index (χ1n) is 25.7. The first kappa shape index (κ1) is 54.5. The summed E-state index contributed by atoms with van der Waals surface area (Å²) in [7, 11) is 4.81. The quantitative estimate of drug-likeness (QED) is 0.0346. The van der Waals surface area contributed by atoms with E-state index in [1.165, 1.54) is 6.33 Å². The Balaban J connectivity index is 1.17. The molecule has 9 rings (SSSR count). The van der Waals surface area contributed by atoms with Gasteiger partial charge >= 0.3 is 0 Å². The van der Waals surface area contributed by atoms with Crippen molar-refractivity contribution in [2.45, 2.75) is 81.9 Å². The van der Waals surface area contributed by atoms with Crippen molar-refractivity contribution in [3.8, 4) is 23.3 Å². The molecule has 8 aromatic rings. The number of nitrogens with zero attached hydrogens (tertiary/aromatic N) is 6. The second-order valence-corrected chi connectivity index (χ2v) is 20.5. The van der Waals surface area contributed by atoms with Crippen LogP contribution in [0.2, 0.25) is 0 Å². The number of aromatic nitrogens is 4. The fourth-order valence-electron chi connectivity index (χ4n) is 10.4. The summed E-state index contributed by atoms with van der Waals surface area (Å²) < 4.78 is 56.2. The van der Waals surface area contributed by atoms with Crippen molar-refractivity contribution in [1.82, 2.24) is 24.2 Å². The van der Waals surface area contributed by atoms with Crippen molar-refractivity contribution in [1.29, 1.82) is 5.26 Å². The van der Waals surface area contributed by atoms with Gasteiger partial charge in [0.15, 0.2) is 23.2 Å². The van der Waals surface area contributed by atoms with Crippen LogP contribution in [0.4, 0.5) is 5.82 Å². The topological polar surface area (TPSA) is 157 Å². The van der Waals surface area contributed by atoms with Crippen LogP contribution in [-0.2, 0) is 34.4 Å². The van der Waals surface area contributed by atoms with Gasteiger partial charge in [0.05, 0.1) is 53.4 Å². The molecule has 1 unspecified atom stereocenters. The molecular formula is C61H66N7O8P. The molecular weight excluding hydrogens is 990 g/mol. The van der Waals surface area contributed by atoms with Gasteiger partial charge in [-0.2, -0.15) is 5.26 Å². The lowest BCUT2D eigenvalue weighted by Crippen LogP contribution is -2.42. The lowest BCUT2D eigenvalue weighted by Gasteiger charge is -2.39. The number of nitriles is 1. The Morgan fingerprint density at radius 2 is 1.12 bits per heavy atom. The number of rotatable bonds is 24. The number of benzene rings is 6. The average Bonchev–Trinajstić information content (AvgIpc) is 4.12. The van der Waals surface area contributed by atoms with Crippen LogP contribution in [0.5, 0.6) is 17.2 Å². The van der Waals surface area contributed by atoms with E-state index in [0.29, 0.717) is 28.5 Å². The molecule has 1 aliphatic heterocycles. The molecule has 3 heterocycles. The van der Waals surface area contributed by atoms with Gasteiger partial charge in [-0.15, -0.1) is 0 Å². The maximum Gasteiger partial charge on any atom is 0.259 e. The molecule has 0 aliphatic carbocycles. The van der Waals surface area contributed by atoms with E-state index < -0.39 is 44.2 Å². The highest BCUT2D eigenvalue weighted by atomic mass is 31.2. The average molecular weight is 1060 g/mol. The number of nitrogens with one attached hydrogen (secondary N) is 1. The third kappa shape index (κ3) is 11.1. The molecule has 2 aromatic heterocycles. The van der Waals surface area contributed by atoms with Crippen LogP contribution in [0, 0.1) is 11.3 Å². The third-order valence-electron chi connectivity index (χ3n) is 13.9. The first-order chi connectivity index (χ1) is 37.6.